The zero-order chi connectivity index (χ0) is 18.7. The number of nitrogens with one attached hydrogen (secondary N) is 2. The van der Waals surface area contributed by atoms with Crippen molar-refractivity contribution < 1.29 is 23.7 Å². The summed E-state index contributed by atoms with van der Waals surface area (Å²) < 4.78 is 21.3. The molecule has 0 saturated carbocycles. The van der Waals surface area contributed by atoms with E-state index in [1.807, 2.05) is 0 Å². The number of hydrogen-bond donors (Lipinski definition) is 2. The molecule has 136 valence electrons. The number of carbonyl (C=O) groups is 1. The van der Waals surface area contributed by atoms with E-state index >= 15 is 0 Å². The molecular weight excluding hydrogens is 336 g/mol. The van der Waals surface area contributed by atoms with E-state index in [0.717, 1.165) is 11.1 Å². The van der Waals surface area contributed by atoms with Crippen LogP contribution in [0.25, 0.3) is 10.9 Å². The maximum atomic E-state index is 12.6. The summed E-state index contributed by atoms with van der Waals surface area (Å²) in [4.78, 5) is 15.7. The minimum Gasteiger partial charge on any atom is -0.497 e. The van der Waals surface area contributed by atoms with Gasteiger partial charge in [0.15, 0.2) is 11.5 Å². The number of benzene rings is 2. The Morgan fingerprint density at radius 2 is 1.58 bits per heavy atom. The molecule has 0 bridgehead atoms. The number of aromatic nitrogens is 1. The normalized spacial score (nSPS) is 10.5. The van der Waals surface area contributed by atoms with Crippen LogP contribution in [0, 0.1) is 0 Å². The van der Waals surface area contributed by atoms with Gasteiger partial charge in [0.05, 0.1) is 34.0 Å². The van der Waals surface area contributed by atoms with E-state index in [0.29, 0.717) is 34.1 Å². The monoisotopic (exact) mass is 356 g/mol. The van der Waals surface area contributed by atoms with Crippen molar-refractivity contribution in [3.63, 3.8) is 0 Å². The van der Waals surface area contributed by atoms with E-state index in [4.69, 9.17) is 18.9 Å². The lowest BCUT2D eigenvalue weighted by Gasteiger charge is -2.11. The molecule has 2 N–H and O–H groups in total. The van der Waals surface area contributed by atoms with Crippen LogP contribution < -0.4 is 24.3 Å². The van der Waals surface area contributed by atoms with E-state index < -0.39 is 0 Å². The molecule has 3 rings (SSSR count). The Hall–Kier alpha value is -3.35. The number of fused-ring (bicyclic) bond motifs is 1. The first-order chi connectivity index (χ1) is 12.6. The highest BCUT2D eigenvalue weighted by Gasteiger charge is 2.19. The summed E-state index contributed by atoms with van der Waals surface area (Å²) in [5.41, 5.74) is 1.66. The average Bonchev–Trinajstić information content (AvgIpc) is 3.12. The Balaban J connectivity index is 1.98. The zero-order valence-electron chi connectivity index (χ0n) is 15.0. The lowest BCUT2D eigenvalue weighted by atomic mass is 10.2. The Labute approximate surface area is 150 Å². The molecule has 0 aliphatic rings. The van der Waals surface area contributed by atoms with Crippen molar-refractivity contribution in [2.45, 2.75) is 0 Å². The van der Waals surface area contributed by atoms with Gasteiger partial charge in [0.2, 0.25) is 0 Å². The minimum atomic E-state index is -0.283. The molecule has 7 heteroatoms. The van der Waals surface area contributed by atoms with E-state index in [2.05, 4.69) is 10.3 Å². The number of aromatic amines is 1. The fraction of sp³-hybridized carbons (Fsp3) is 0.211. The smallest absolute Gasteiger partial charge is 0.272 e. The Morgan fingerprint density at radius 3 is 2.15 bits per heavy atom. The highest BCUT2D eigenvalue weighted by atomic mass is 16.5. The highest BCUT2D eigenvalue weighted by molar-refractivity contribution is 6.08. The molecule has 0 aliphatic carbocycles. The van der Waals surface area contributed by atoms with E-state index in [9.17, 15) is 4.79 Å². The number of ether oxygens (including phenoxy) is 4. The Morgan fingerprint density at radius 1 is 0.885 bits per heavy atom. The number of hydrogen-bond acceptors (Lipinski definition) is 5. The number of methoxy groups -OCH3 is 4. The van der Waals surface area contributed by atoms with E-state index in [1.54, 1.807) is 64.8 Å². The van der Waals surface area contributed by atoms with Gasteiger partial charge >= 0.3 is 0 Å². The van der Waals surface area contributed by atoms with Crippen LogP contribution in [-0.2, 0) is 0 Å². The van der Waals surface area contributed by atoms with Gasteiger partial charge in [-0.3, -0.25) is 4.79 Å². The molecule has 3 aromatic rings. The third kappa shape index (κ3) is 3.11. The highest BCUT2D eigenvalue weighted by Crippen LogP contribution is 2.41. The van der Waals surface area contributed by atoms with E-state index in [-0.39, 0.29) is 5.91 Å². The van der Waals surface area contributed by atoms with Crippen LogP contribution in [0.4, 0.5) is 5.69 Å². The van der Waals surface area contributed by atoms with Crippen molar-refractivity contribution in [2.24, 2.45) is 0 Å². The summed E-state index contributed by atoms with van der Waals surface area (Å²) in [5.74, 6) is 2.04. The van der Waals surface area contributed by atoms with Gasteiger partial charge < -0.3 is 29.2 Å². The first kappa shape index (κ1) is 17.5. The quantitative estimate of drug-likeness (QED) is 0.707. The molecule has 7 nitrogen and oxygen atoms in total. The predicted molar refractivity (Wildman–Crippen MR) is 98.9 cm³/mol. The average molecular weight is 356 g/mol. The molecule has 1 heterocycles. The second-order valence-corrected chi connectivity index (χ2v) is 5.47. The number of carbonyl (C=O) groups excluding carboxylic acids is 1. The third-order valence-corrected chi connectivity index (χ3v) is 4.03. The van der Waals surface area contributed by atoms with E-state index in [1.165, 1.54) is 0 Å². The van der Waals surface area contributed by atoms with Gasteiger partial charge in [-0.2, -0.15) is 0 Å². The summed E-state index contributed by atoms with van der Waals surface area (Å²) in [5, 5.41) is 3.56. The second kappa shape index (κ2) is 7.26. The van der Waals surface area contributed by atoms with Crippen molar-refractivity contribution in [1.29, 1.82) is 0 Å². The topological polar surface area (TPSA) is 81.8 Å². The van der Waals surface area contributed by atoms with Crippen molar-refractivity contribution in [3.8, 4) is 23.0 Å². The van der Waals surface area contributed by atoms with Gasteiger partial charge in [0.25, 0.3) is 5.91 Å². The van der Waals surface area contributed by atoms with Gasteiger partial charge in [0.1, 0.15) is 17.2 Å². The molecule has 1 amide bonds. The lowest BCUT2D eigenvalue weighted by Crippen LogP contribution is -2.12. The van der Waals surface area contributed by atoms with Crippen LogP contribution in [0.3, 0.4) is 0 Å². The van der Waals surface area contributed by atoms with Crippen LogP contribution in [0.1, 0.15) is 10.5 Å². The zero-order valence-corrected chi connectivity index (χ0v) is 15.0. The maximum absolute atomic E-state index is 12.6. The standard InChI is InChI=1S/C19H20N2O5/c1-23-12-7-5-11(6-8-12)20-19(22)14-9-13-15(24-2)10-16(25-3)18(26-4)17(13)21-14/h5-10,21H,1-4H3,(H,20,22). The molecule has 0 spiro atoms. The number of H-pyrrole nitrogens is 1. The summed E-state index contributed by atoms with van der Waals surface area (Å²) in [6.45, 7) is 0. The van der Waals surface area contributed by atoms with Gasteiger partial charge in [-0.1, -0.05) is 0 Å². The molecule has 0 aliphatic heterocycles. The summed E-state index contributed by atoms with van der Waals surface area (Å²) in [6, 6.07) is 10.5. The van der Waals surface area contributed by atoms with Crippen molar-refractivity contribution >= 4 is 22.5 Å². The van der Waals surface area contributed by atoms with Gasteiger partial charge in [-0.15, -0.1) is 0 Å². The van der Waals surface area contributed by atoms with Crippen molar-refractivity contribution in [2.75, 3.05) is 33.8 Å². The summed E-state index contributed by atoms with van der Waals surface area (Å²) >= 11 is 0. The molecule has 0 fully saturated rings. The molecule has 0 radical (unpaired) electrons. The molecule has 0 unspecified atom stereocenters. The molecule has 2 aromatic carbocycles. The molecule has 26 heavy (non-hydrogen) atoms. The van der Waals surface area contributed by atoms with Crippen molar-refractivity contribution in [1.82, 2.24) is 4.98 Å². The molecule has 1 aromatic heterocycles. The third-order valence-electron chi connectivity index (χ3n) is 4.03. The summed E-state index contributed by atoms with van der Waals surface area (Å²) in [6.07, 6.45) is 0. The van der Waals surface area contributed by atoms with Crippen LogP contribution in [-0.4, -0.2) is 39.3 Å². The Bertz CT molecular complexity index is 931. The summed E-state index contributed by atoms with van der Waals surface area (Å²) in [7, 11) is 6.24. The fourth-order valence-corrected chi connectivity index (χ4v) is 2.73. The predicted octanol–water partition coefficient (Wildman–Crippen LogP) is 3.45. The first-order valence-electron chi connectivity index (χ1n) is 7.88. The molecule has 0 saturated heterocycles. The van der Waals surface area contributed by atoms with Gasteiger partial charge in [0, 0.05) is 17.1 Å². The maximum Gasteiger partial charge on any atom is 0.272 e. The minimum absolute atomic E-state index is 0.283. The first-order valence-corrected chi connectivity index (χ1v) is 7.88. The van der Waals surface area contributed by atoms with Crippen molar-refractivity contribution in [3.05, 3.63) is 42.1 Å². The fourth-order valence-electron chi connectivity index (χ4n) is 2.73. The van der Waals surface area contributed by atoms with Gasteiger partial charge in [-0.25, -0.2) is 0 Å². The number of rotatable bonds is 6. The lowest BCUT2D eigenvalue weighted by molar-refractivity contribution is 0.102. The second-order valence-electron chi connectivity index (χ2n) is 5.47. The SMILES string of the molecule is COc1ccc(NC(=O)c2cc3c(OC)cc(OC)c(OC)c3[nH]2)cc1. The van der Waals surface area contributed by atoms with Crippen LogP contribution in [0.5, 0.6) is 23.0 Å². The molecular formula is C19H20N2O5. The van der Waals surface area contributed by atoms with Crippen LogP contribution in [0.2, 0.25) is 0 Å². The Kier molecular flexibility index (Phi) is 4.88. The molecule has 0 atom stereocenters. The number of anilines is 1. The number of amides is 1. The van der Waals surface area contributed by atoms with Crippen LogP contribution >= 0.6 is 0 Å². The van der Waals surface area contributed by atoms with Gasteiger partial charge in [-0.05, 0) is 30.3 Å². The largest absolute Gasteiger partial charge is 0.497 e. The van der Waals surface area contributed by atoms with Crippen LogP contribution in [0.15, 0.2) is 36.4 Å².